The van der Waals surface area contributed by atoms with E-state index in [4.69, 9.17) is 21.1 Å². The first-order chi connectivity index (χ1) is 13.5. The molecule has 0 saturated heterocycles. The second-order valence-electron chi connectivity index (χ2n) is 6.07. The Morgan fingerprint density at radius 1 is 1.32 bits per heavy atom. The van der Waals surface area contributed by atoms with E-state index in [2.05, 4.69) is 4.98 Å². The molecule has 3 rings (SSSR count). The second-order valence-corrected chi connectivity index (χ2v) is 7.59. The normalized spacial score (nSPS) is 11.1. The van der Waals surface area contributed by atoms with E-state index in [0.29, 0.717) is 29.7 Å². The number of thiazole rings is 1. The number of rotatable bonds is 7. The summed E-state index contributed by atoms with van der Waals surface area (Å²) in [5, 5.41) is 1.34. The Kier molecular flexibility index (Phi) is 6.54. The number of likely N-dealkylation sites (N-methyl/N-ethyl adjacent to an activating group) is 1. The van der Waals surface area contributed by atoms with E-state index >= 15 is 0 Å². The van der Waals surface area contributed by atoms with Crippen LogP contribution in [0.3, 0.4) is 0 Å². The van der Waals surface area contributed by atoms with Crippen LogP contribution in [0.4, 0.5) is 0 Å². The molecule has 0 spiro atoms. The molecule has 2 aromatic carbocycles. The molecule has 1 amide bonds. The third kappa shape index (κ3) is 4.64. The molecule has 0 aliphatic heterocycles. The number of carbonyl (C=O) groups is 1. The number of hydrogen-bond acceptors (Lipinski definition) is 5. The lowest BCUT2D eigenvalue weighted by molar-refractivity contribution is -0.125. The third-order valence-corrected chi connectivity index (χ3v) is 5.35. The van der Waals surface area contributed by atoms with Gasteiger partial charge in [0.1, 0.15) is 5.01 Å². The molecule has 1 aromatic heterocycles. The van der Waals surface area contributed by atoms with Crippen molar-refractivity contribution in [1.82, 2.24) is 9.88 Å². The van der Waals surface area contributed by atoms with Crippen LogP contribution in [0.5, 0.6) is 11.5 Å². The molecule has 28 heavy (non-hydrogen) atoms. The summed E-state index contributed by atoms with van der Waals surface area (Å²) in [6, 6.07) is 11.5. The van der Waals surface area contributed by atoms with Gasteiger partial charge in [-0.3, -0.25) is 4.79 Å². The smallest absolute Gasteiger partial charge is 0.246 e. The van der Waals surface area contributed by atoms with Crippen LogP contribution in [0.2, 0.25) is 5.02 Å². The molecule has 0 bridgehead atoms. The largest absolute Gasteiger partial charge is 0.493 e. The van der Waals surface area contributed by atoms with Crippen molar-refractivity contribution in [3.05, 3.63) is 58.1 Å². The Labute approximate surface area is 173 Å². The summed E-state index contributed by atoms with van der Waals surface area (Å²) in [7, 11) is 3.31. The predicted molar refractivity (Wildman–Crippen MR) is 114 cm³/mol. The van der Waals surface area contributed by atoms with Crippen LogP contribution in [0, 0.1) is 0 Å². The molecule has 0 fully saturated rings. The maximum Gasteiger partial charge on any atom is 0.246 e. The molecule has 7 heteroatoms. The van der Waals surface area contributed by atoms with Crippen molar-refractivity contribution in [3.63, 3.8) is 0 Å². The van der Waals surface area contributed by atoms with Gasteiger partial charge >= 0.3 is 0 Å². The molecular weight excluding hydrogens is 396 g/mol. The fourth-order valence-corrected chi connectivity index (χ4v) is 3.98. The average Bonchev–Trinajstić information content (AvgIpc) is 3.10. The molecule has 0 saturated carbocycles. The van der Waals surface area contributed by atoms with Crippen LogP contribution >= 0.6 is 22.9 Å². The molecule has 5 nitrogen and oxygen atoms in total. The number of carbonyl (C=O) groups excluding carboxylic acids is 1. The summed E-state index contributed by atoms with van der Waals surface area (Å²) < 4.78 is 12.0. The Bertz CT molecular complexity index is 983. The van der Waals surface area contributed by atoms with Crippen molar-refractivity contribution in [2.24, 2.45) is 0 Å². The van der Waals surface area contributed by atoms with Crippen LogP contribution in [0.15, 0.2) is 42.5 Å². The first-order valence-electron chi connectivity index (χ1n) is 8.79. The number of amides is 1. The minimum atomic E-state index is -0.122. The van der Waals surface area contributed by atoms with Gasteiger partial charge in [0, 0.05) is 13.1 Å². The molecule has 1 heterocycles. The summed E-state index contributed by atoms with van der Waals surface area (Å²) in [6.07, 6.45) is 3.22. The average molecular weight is 417 g/mol. The summed E-state index contributed by atoms with van der Waals surface area (Å²) in [5.41, 5.74) is 1.71. The lowest BCUT2D eigenvalue weighted by atomic mass is 10.2. The van der Waals surface area contributed by atoms with Gasteiger partial charge in [-0.2, -0.15) is 0 Å². The summed E-state index contributed by atoms with van der Waals surface area (Å²) in [6.45, 7) is 2.82. The number of halogens is 1. The molecular formula is C21H21ClN2O3S. The van der Waals surface area contributed by atoms with Crippen LogP contribution < -0.4 is 9.47 Å². The zero-order chi connectivity index (χ0) is 20.1. The van der Waals surface area contributed by atoms with E-state index in [1.165, 1.54) is 6.08 Å². The highest BCUT2D eigenvalue weighted by molar-refractivity contribution is 7.18. The van der Waals surface area contributed by atoms with Gasteiger partial charge in [-0.25, -0.2) is 4.98 Å². The minimum absolute atomic E-state index is 0.122. The van der Waals surface area contributed by atoms with E-state index in [1.807, 2.05) is 31.2 Å². The predicted octanol–water partition coefficient (Wildman–Crippen LogP) is 5.03. The van der Waals surface area contributed by atoms with Gasteiger partial charge in [0.05, 0.1) is 35.5 Å². The Hall–Kier alpha value is -2.57. The highest BCUT2D eigenvalue weighted by atomic mass is 35.5. The van der Waals surface area contributed by atoms with Crippen LogP contribution in [0.25, 0.3) is 16.3 Å². The third-order valence-electron chi connectivity index (χ3n) is 4.05. The van der Waals surface area contributed by atoms with E-state index < -0.39 is 0 Å². The van der Waals surface area contributed by atoms with E-state index in [9.17, 15) is 4.79 Å². The molecule has 146 valence electrons. The number of ether oxygens (including phenoxy) is 2. The number of hydrogen-bond donors (Lipinski definition) is 0. The molecule has 0 radical (unpaired) electrons. The van der Waals surface area contributed by atoms with Gasteiger partial charge < -0.3 is 14.4 Å². The molecule has 3 aromatic rings. The van der Waals surface area contributed by atoms with Crippen molar-refractivity contribution in [2.45, 2.75) is 13.5 Å². The number of fused-ring (bicyclic) bond motifs is 1. The molecule has 0 N–H and O–H groups in total. The van der Waals surface area contributed by atoms with Gasteiger partial charge in [-0.1, -0.05) is 23.7 Å². The number of para-hydroxylation sites is 1. The Balaban J connectivity index is 1.70. The number of methoxy groups -OCH3 is 1. The Morgan fingerprint density at radius 2 is 2.11 bits per heavy atom. The van der Waals surface area contributed by atoms with E-state index in [1.54, 1.807) is 48.6 Å². The van der Waals surface area contributed by atoms with Crippen molar-refractivity contribution in [3.8, 4) is 11.5 Å². The molecule has 0 aliphatic carbocycles. The fourth-order valence-electron chi connectivity index (χ4n) is 2.68. The molecule has 0 aliphatic rings. The highest BCUT2D eigenvalue weighted by Gasteiger charge is 2.12. The SMILES string of the molecule is CCOc1c(Cl)cc(/C=C/C(=O)N(C)Cc2nc3ccccc3s2)cc1OC. The lowest BCUT2D eigenvalue weighted by Gasteiger charge is -2.13. The van der Waals surface area contributed by atoms with Gasteiger partial charge in [0.2, 0.25) is 5.91 Å². The first kappa shape index (κ1) is 20.2. The van der Waals surface area contributed by atoms with Gasteiger partial charge in [0.15, 0.2) is 11.5 Å². The fraction of sp³-hybridized carbons (Fsp3) is 0.238. The standard InChI is InChI=1S/C21H21ClN2O3S/c1-4-27-21-15(22)11-14(12-17(21)26-3)9-10-20(25)24(2)13-19-23-16-7-5-6-8-18(16)28-19/h5-12H,4,13H2,1-3H3/b10-9+. The molecule has 0 unspecified atom stereocenters. The number of aromatic nitrogens is 1. The van der Waals surface area contributed by atoms with Crippen molar-refractivity contribution >= 4 is 45.1 Å². The van der Waals surface area contributed by atoms with Crippen LogP contribution in [-0.2, 0) is 11.3 Å². The zero-order valence-corrected chi connectivity index (χ0v) is 17.5. The summed E-state index contributed by atoms with van der Waals surface area (Å²) in [4.78, 5) is 18.7. The molecule has 0 atom stereocenters. The summed E-state index contributed by atoms with van der Waals surface area (Å²) >= 11 is 7.87. The zero-order valence-electron chi connectivity index (χ0n) is 15.9. The van der Waals surface area contributed by atoms with Crippen LogP contribution in [0.1, 0.15) is 17.5 Å². The van der Waals surface area contributed by atoms with E-state index in [0.717, 1.165) is 20.8 Å². The second kappa shape index (κ2) is 9.08. The van der Waals surface area contributed by atoms with Gasteiger partial charge in [0.25, 0.3) is 0 Å². The summed E-state index contributed by atoms with van der Waals surface area (Å²) in [5.74, 6) is 0.913. The van der Waals surface area contributed by atoms with E-state index in [-0.39, 0.29) is 5.91 Å². The maximum absolute atomic E-state index is 12.5. The van der Waals surface area contributed by atoms with Crippen LogP contribution in [-0.4, -0.2) is 36.6 Å². The number of nitrogens with zero attached hydrogens (tertiary/aromatic N) is 2. The quantitative estimate of drug-likeness (QED) is 0.507. The van der Waals surface area contributed by atoms with Crippen molar-refractivity contribution in [1.29, 1.82) is 0 Å². The van der Waals surface area contributed by atoms with Gasteiger partial charge in [-0.05, 0) is 42.8 Å². The Morgan fingerprint density at radius 3 is 2.82 bits per heavy atom. The monoisotopic (exact) mass is 416 g/mol. The van der Waals surface area contributed by atoms with Gasteiger partial charge in [-0.15, -0.1) is 11.3 Å². The topological polar surface area (TPSA) is 51.7 Å². The van der Waals surface area contributed by atoms with Crippen molar-refractivity contribution in [2.75, 3.05) is 20.8 Å². The maximum atomic E-state index is 12.5. The number of benzene rings is 2. The minimum Gasteiger partial charge on any atom is -0.493 e. The first-order valence-corrected chi connectivity index (χ1v) is 9.99. The lowest BCUT2D eigenvalue weighted by Crippen LogP contribution is -2.23. The van der Waals surface area contributed by atoms with Crippen molar-refractivity contribution < 1.29 is 14.3 Å². The highest BCUT2D eigenvalue weighted by Crippen LogP contribution is 2.36.